The van der Waals surface area contributed by atoms with E-state index in [1.54, 1.807) is 24.3 Å². The number of halogens is 3. The molecule has 0 aliphatic carbocycles. The van der Waals surface area contributed by atoms with Gasteiger partial charge in [-0.1, -0.05) is 24.3 Å². The molecule has 0 unspecified atom stereocenters. The van der Waals surface area contributed by atoms with E-state index in [0.29, 0.717) is 17.9 Å². The number of benzene rings is 2. The van der Waals surface area contributed by atoms with Gasteiger partial charge in [-0.2, -0.15) is 0 Å². The Hall–Kier alpha value is -3.43. The molecular formula is C17H13F3N4O3. The SMILES string of the molecule is O=[N+]([O-])CCc1ccc(-c2ncn(-c3ccc(OC(F)(F)F)cc3)n2)cc1. The summed E-state index contributed by atoms with van der Waals surface area (Å²) in [5, 5.41) is 14.7. The van der Waals surface area contributed by atoms with Gasteiger partial charge < -0.3 is 4.74 Å². The molecule has 0 amide bonds. The van der Waals surface area contributed by atoms with E-state index in [2.05, 4.69) is 14.8 Å². The molecule has 3 aromatic rings. The molecule has 27 heavy (non-hydrogen) atoms. The second-order valence-corrected chi connectivity index (χ2v) is 5.56. The third-order valence-corrected chi connectivity index (χ3v) is 3.62. The predicted octanol–water partition coefficient (Wildman–Crippen LogP) is 3.65. The Morgan fingerprint density at radius 3 is 2.33 bits per heavy atom. The van der Waals surface area contributed by atoms with Crippen LogP contribution in [0.4, 0.5) is 13.2 Å². The second-order valence-electron chi connectivity index (χ2n) is 5.56. The topological polar surface area (TPSA) is 83.1 Å². The molecule has 1 heterocycles. The summed E-state index contributed by atoms with van der Waals surface area (Å²) >= 11 is 0. The molecule has 0 radical (unpaired) electrons. The molecule has 7 nitrogen and oxygen atoms in total. The predicted molar refractivity (Wildman–Crippen MR) is 89.0 cm³/mol. The van der Waals surface area contributed by atoms with E-state index < -0.39 is 6.36 Å². The highest BCUT2D eigenvalue weighted by molar-refractivity contribution is 5.55. The summed E-state index contributed by atoms with van der Waals surface area (Å²) in [6.07, 6.45) is -2.97. The third kappa shape index (κ3) is 5.03. The van der Waals surface area contributed by atoms with E-state index in [1.807, 2.05) is 0 Å². The number of aromatic nitrogens is 3. The first-order valence-corrected chi connectivity index (χ1v) is 7.79. The maximum atomic E-state index is 12.2. The van der Waals surface area contributed by atoms with Crippen LogP contribution in [0.3, 0.4) is 0 Å². The van der Waals surface area contributed by atoms with Gasteiger partial charge in [-0.05, 0) is 29.8 Å². The van der Waals surface area contributed by atoms with Gasteiger partial charge in [0, 0.05) is 16.9 Å². The zero-order valence-corrected chi connectivity index (χ0v) is 13.8. The van der Waals surface area contributed by atoms with Crippen molar-refractivity contribution in [3.8, 4) is 22.8 Å². The van der Waals surface area contributed by atoms with Crippen molar-refractivity contribution in [2.24, 2.45) is 0 Å². The zero-order valence-electron chi connectivity index (χ0n) is 13.8. The summed E-state index contributed by atoms with van der Waals surface area (Å²) in [4.78, 5) is 14.2. The minimum absolute atomic E-state index is 0.139. The number of alkyl halides is 3. The van der Waals surface area contributed by atoms with Crippen molar-refractivity contribution < 1.29 is 22.8 Å². The van der Waals surface area contributed by atoms with Crippen LogP contribution in [0.5, 0.6) is 5.75 Å². The normalized spacial score (nSPS) is 11.4. The molecular weight excluding hydrogens is 365 g/mol. The lowest BCUT2D eigenvalue weighted by molar-refractivity contribution is -0.479. The number of hydrogen-bond donors (Lipinski definition) is 0. The lowest BCUT2D eigenvalue weighted by atomic mass is 10.1. The first kappa shape index (κ1) is 18.4. The third-order valence-electron chi connectivity index (χ3n) is 3.62. The van der Waals surface area contributed by atoms with Crippen LogP contribution >= 0.6 is 0 Å². The Kier molecular flexibility index (Phi) is 5.06. The maximum absolute atomic E-state index is 12.2. The Morgan fingerprint density at radius 1 is 1.07 bits per heavy atom. The molecule has 3 rings (SSSR count). The van der Waals surface area contributed by atoms with Crippen LogP contribution in [-0.4, -0.2) is 32.6 Å². The fraction of sp³-hybridized carbons (Fsp3) is 0.176. The molecule has 0 bridgehead atoms. The summed E-state index contributed by atoms with van der Waals surface area (Å²) in [6, 6.07) is 12.3. The summed E-state index contributed by atoms with van der Waals surface area (Å²) in [5.74, 6) is 0.100. The average molecular weight is 378 g/mol. The summed E-state index contributed by atoms with van der Waals surface area (Å²) < 4.78 is 41.8. The molecule has 2 aromatic carbocycles. The molecule has 140 valence electrons. The molecule has 0 aliphatic heterocycles. The molecule has 0 aliphatic rings. The molecule has 0 saturated heterocycles. The van der Waals surface area contributed by atoms with Crippen molar-refractivity contribution in [2.75, 3.05) is 6.54 Å². The average Bonchev–Trinajstić information content (AvgIpc) is 3.10. The molecule has 0 spiro atoms. The van der Waals surface area contributed by atoms with Crippen LogP contribution in [0.2, 0.25) is 0 Å². The van der Waals surface area contributed by atoms with Crippen molar-refractivity contribution in [1.29, 1.82) is 0 Å². The van der Waals surface area contributed by atoms with Gasteiger partial charge in [0.05, 0.1) is 5.69 Å². The zero-order chi connectivity index (χ0) is 19.4. The van der Waals surface area contributed by atoms with E-state index in [-0.39, 0.29) is 17.2 Å². The van der Waals surface area contributed by atoms with Gasteiger partial charge in [0.25, 0.3) is 0 Å². The second kappa shape index (κ2) is 7.44. The van der Waals surface area contributed by atoms with E-state index in [0.717, 1.165) is 11.1 Å². The van der Waals surface area contributed by atoms with Gasteiger partial charge in [-0.15, -0.1) is 18.3 Å². The first-order valence-electron chi connectivity index (χ1n) is 7.79. The highest BCUT2D eigenvalue weighted by atomic mass is 19.4. The molecule has 10 heteroatoms. The lowest BCUT2D eigenvalue weighted by Gasteiger charge is -2.09. The van der Waals surface area contributed by atoms with Crippen LogP contribution in [0.1, 0.15) is 5.56 Å². The number of nitro groups is 1. The fourth-order valence-corrected chi connectivity index (χ4v) is 2.36. The Balaban J connectivity index is 1.72. The van der Waals surface area contributed by atoms with Crippen LogP contribution < -0.4 is 4.74 Å². The fourth-order valence-electron chi connectivity index (χ4n) is 2.36. The number of rotatable bonds is 6. The minimum atomic E-state index is -4.74. The number of hydrogen-bond acceptors (Lipinski definition) is 5. The van der Waals surface area contributed by atoms with Crippen molar-refractivity contribution in [3.63, 3.8) is 0 Å². The van der Waals surface area contributed by atoms with Gasteiger partial charge in [0.2, 0.25) is 6.54 Å². The summed E-state index contributed by atoms with van der Waals surface area (Å²) in [6.45, 7) is -0.139. The largest absolute Gasteiger partial charge is 0.573 e. The number of nitrogens with zero attached hydrogens (tertiary/aromatic N) is 4. The summed E-state index contributed by atoms with van der Waals surface area (Å²) in [7, 11) is 0. The smallest absolute Gasteiger partial charge is 0.406 e. The van der Waals surface area contributed by atoms with Gasteiger partial charge in [-0.25, -0.2) is 9.67 Å². The molecule has 0 saturated carbocycles. The standard InChI is InChI=1S/C17H13F3N4O3/c18-17(19,20)27-15-7-5-14(6-8-15)23-11-21-16(22-23)13-3-1-12(2-4-13)9-10-24(25)26/h1-8,11H,9-10H2. The van der Waals surface area contributed by atoms with Crippen LogP contribution in [0.25, 0.3) is 17.1 Å². The van der Waals surface area contributed by atoms with Gasteiger partial charge in [0.15, 0.2) is 5.82 Å². The highest BCUT2D eigenvalue weighted by Gasteiger charge is 2.30. The molecule has 0 N–H and O–H groups in total. The molecule has 0 fully saturated rings. The van der Waals surface area contributed by atoms with Gasteiger partial charge >= 0.3 is 6.36 Å². The lowest BCUT2D eigenvalue weighted by Crippen LogP contribution is -2.17. The van der Waals surface area contributed by atoms with Gasteiger partial charge in [0.1, 0.15) is 12.1 Å². The first-order chi connectivity index (χ1) is 12.8. The minimum Gasteiger partial charge on any atom is -0.406 e. The van der Waals surface area contributed by atoms with Crippen LogP contribution in [0.15, 0.2) is 54.9 Å². The van der Waals surface area contributed by atoms with E-state index in [9.17, 15) is 23.3 Å². The van der Waals surface area contributed by atoms with E-state index >= 15 is 0 Å². The highest BCUT2D eigenvalue weighted by Crippen LogP contribution is 2.24. The van der Waals surface area contributed by atoms with Crippen molar-refractivity contribution >= 4 is 0 Å². The number of ether oxygens (including phenoxy) is 1. The maximum Gasteiger partial charge on any atom is 0.573 e. The van der Waals surface area contributed by atoms with Crippen LogP contribution in [0, 0.1) is 10.1 Å². The van der Waals surface area contributed by atoms with Crippen LogP contribution in [-0.2, 0) is 6.42 Å². The molecule has 0 atom stereocenters. The monoisotopic (exact) mass is 378 g/mol. The Morgan fingerprint density at radius 2 is 1.74 bits per heavy atom. The quantitative estimate of drug-likeness (QED) is 0.483. The van der Waals surface area contributed by atoms with Gasteiger partial charge in [-0.3, -0.25) is 10.1 Å². The Bertz CT molecular complexity index is 922. The van der Waals surface area contributed by atoms with E-state index in [1.165, 1.54) is 35.3 Å². The Labute approximate surface area is 151 Å². The van der Waals surface area contributed by atoms with Crippen molar-refractivity contribution in [3.05, 3.63) is 70.5 Å². The van der Waals surface area contributed by atoms with Crippen molar-refractivity contribution in [2.45, 2.75) is 12.8 Å². The van der Waals surface area contributed by atoms with Crippen molar-refractivity contribution in [1.82, 2.24) is 14.8 Å². The summed E-state index contributed by atoms with van der Waals surface area (Å²) in [5.41, 5.74) is 2.07. The molecule has 1 aromatic heterocycles. The van der Waals surface area contributed by atoms with E-state index in [4.69, 9.17) is 0 Å².